The van der Waals surface area contributed by atoms with Crippen LogP contribution in [0.1, 0.15) is 0 Å². The van der Waals surface area contributed by atoms with Crippen molar-refractivity contribution in [1.82, 2.24) is 4.90 Å². The van der Waals surface area contributed by atoms with Crippen LogP contribution in [0.15, 0.2) is 18.2 Å². The summed E-state index contributed by atoms with van der Waals surface area (Å²) < 4.78 is 10.5. The van der Waals surface area contributed by atoms with Crippen molar-refractivity contribution in [3.05, 3.63) is 28.2 Å². The van der Waals surface area contributed by atoms with Gasteiger partial charge in [0.15, 0.2) is 12.7 Å². The van der Waals surface area contributed by atoms with E-state index in [0.29, 0.717) is 22.3 Å². The molecular formula is C13H14Cl2N2O4. The van der Waals surface area contributed by atoms with Crippen molar-refractivity contribution in [3.8, 4) is 5.75 Å². The molecule has 0 aromatic heterocycles. The summed E-state index contributed by atoms with van der Waals surface area (Å²) in [5.74, 6) is -0.487. The van der Waals surface area contributed by atoms with Gasteiger partial charge in [-0.3, -0.25) is 9.59 Å². The Balaban J connectivity index is 1.90. The van der Waals surface area contributed by atoms with Crippen LogP contribution in [-0.4, -0.2) is 49.1 Å². The number of rotatable bonds is 4. The average molecular weight is 333 g/mol. The van der Waals surface area contributed by atoms with Crippen LogP contribution in [0.2, 0.25) is 10.0 Å². The number of amides is 2. The van der Waals surface area contributed by atoms with Crippen molar-refractivity contribution >= 4 is 35.0 Å². The van der Waals surface area contributed by atoms with Gasteiger partial charge in [-0.15, -0.1) is 0 Å². The van der Waals surface area contributed by atoms with Crippen LogP contribution in [0.3, 0.4) is 0 Å². The molecular weight excluding hydrogens is 319 g/mol. The molecule has 2 N–H and O–H groups in total. The summed E-state index contributed by atoms with van der Waals surface area (Å²) in [4.78, 5) is 24.6. The Morgan fingerprint density at radius 1 is 1.43 bits per heavy atom. The summed E-state index contributed by atoms with van der Waals surface area (Å²) >= 11 is 11.7. The summed E-state index contributed by atoms with van der Waals surface area (Å²) in [6.45, 7) is 0.597. The van der Waals surface area contributed by atoms with Crippen molar-refractivity contribution in [1.29, 1.82) is 0 Å². The molecule has 0 spiro atoms. The molecule has 6 nitrogen and oxygen atoms in total. The molecule has 0 bridgehead atoms. The summed E-state index contributed by atoms with van der Waals surface area (Å²) in [6.07, 6.45) is -0.776. The second-order valence-corrected chi connectivity index (χ2v) is 5.31. The number of ether oxygens (including phenoxy) is 2. The van der Waals surface area contributed by atoms with E-state index in [4.69, 9.17) is 38.4 Å². The highest BCUT2D eigenvalue weighted by atomic mass is 35.5. The number of carbonyl (C=O) groups excluding carboxylic acids is 2. The van der Waals surface area contributed by atoms with Crippen LogP contribution < -0.4 is 10.5 Å². The molecule has 1 atom stereocenters. The zero-order valence-corrected chi connectivity index (χ0v) is 12.6. The molecule has 1 aliphatic heterocycles. The molecule has 0 saturated carbocycles. The van der Waals surface area contributed by atoms with Crippen molar-refractivity contribution < 1.29 is 19.1 Å². The molecule has 2 amide bonds. The molecule has 1 aromatic carbocycles. The Hall–Kier alpha value is -1.50. The molecule has 1 fully saturated rings. The van der Waals surface area contributed by atoms with E-state index in [0.717, 1.165) is 0 Å². The number of morpholine rings is 1. The number of carbonyl (C=O) groups is 2. The summed E-state index contributed by atoms with van der Waals surface area (Å²) in [6, 6.07) is 4.73. The van der Waals surface area contributed by atoms with Crippen LogP contribution in [0, 0.1) is 0 Å². The Kier molecular flexibility index (Phi) is 5.27. The molecule has 0 radical (unpaired) electrons. The monoisotopic (exact) mass is 332 g/mol. The molecule has 1 heterocycles. The van der Waals surface area contributed by atoms with Gasteiger partial charge in [0.1, 0.15) is 5.75 Å². The molecule has 0 aliphatic carbocycles. The molecule has 21 heavy (non-hydrogen) atoms. The van der Waals surface area contributed by atoms with Crippen molar-refractivity contribution in [2.24, 2.45) is 5.73 Å². The Morgan fingerprint density at radius 2 is 2.19 bits per heavy atom. The Labute approximate surface area is 131 Å². The van der Waals surface area contributed by atoms with Gasteiger partial charge in [-0.25, -0.2) is 0 Å². The summed E-state index contributed by atoms with van der Waals surface area (Å²) in [7, 11) is 0. The molecule has 1 unspecified atom stereocenters. The minimum atomic E-state index is -0.776. The maximum absolute atomic E-state index is 12.0. The van der Waals surface area contributed by atoms with E-state index in [9.17, 15) is 9.59 Å². The predicted octanol–water partition coefficient (Wildman–Crippen LogP) is 1.08. The van der Waals surface area contributed by atoms with Gasteiger partial charge in [-0.2, -0.15) is 0 Å². The second kappa shape index (κ2) is 6.98. The van der Waals surface area contributed by atoms with Gasteiger partial charge < -0.3 is 20.1 Å². The van der Waals surface area contributed by atoms with Crippen molar-refractivity contribution in [2.45, 2.75) is 6.10 Å². The lowest BCUT2D eigenvalue weighted by atomic mass is 10.2. The van der Waals surface area contributed by atoms with Gasteiger partial charge in [0, 0.05) is 11.6 Å². The van der Waals surface area contributed by atoms with E-state index in [1.165, 1.54) is 11.0 Å². The highest BCUT2D eigenvalue weighted by Crippen LogP contribution is 2.27. The smallest absolute Gasteiger partial charge is 0.260 e. The fourth-order valence-electron chi connectivity index (χ4n) is 1.87. The number of hydrogen-bond donors (Lipinski definition) is 1. The lowest BCUT2D eigenvalue weighted by molar-refractivity contribution is -0.146. The fraction of sp³-hybridized carbons (Fsp3) is 0.385. The maximum atomic E-state index is 12.0. The van der Waals surface area contributed by atoms with E-state index >= 15 is 0 Å². The minimum absolute atomic E-state index is 0.131. The van der Waals surface area contributed by atoms with Crippen LogP contribution >= 0.6 is 23.2 Å². The number of nitrogens with two attached hydrogens (primary N) is 1. The van der Waals surface area contributed by atoms with E-state index in [1.807, 2.05) is 0 Å². The largest absolute Gasteiger partial charge is 0.482 e. The SMILES string of the molecule is NC(=O)C1CN(C(=O)COc2ccc(Cl)cc2Cl)CCO1. The molecule has 1 aromatic rings. The molecule has 1 aliphatic rings. The fourth-order valence-corrected chi connectivity index (χ4v) is 2.33. The first kappa shape index (κ1) is 15.9. The van der Waals surface area contributed by atoms with Gasteiger partial charge in [0.2, 0.25) is 5.91 Å². The van der Waals surface area contributed by atoms with Gasteiger partial charge in [-0.05, 0) is 18.2 Å². The third-order valence-electron chi connectivity index (χ3n) is 2.98. The normalized spacial score (nSPS) is 18.4. The molecule has 8 heteroatoms. The second-order valence-electron chi connectivity index (χ2n) is 4.46. The van der Waals surface area contributed by atoms with Gasteiger partial charge in [0.25, 0.3) is 5.91 Å². The Morgan fingerprint density at radius 3 is 2.86 bits per heavy atom. The van der Waals surface area contributed by atoms with Crippen LogP contribution in [0.25, 0.3) is 0 Å². The van der Waals surface area contributed by atoms with Crippen LogP contribution in [0.4, 0.5) is 0 Å². The highest BCUT2D eigenvalue weighted by Gasteiger charge is 2.27. The minimum Gasteiger partial charge on any atom is -0.482 e. The van der Waals surface area contributed by atoms with Crippen LogP contribution in [0.5, 0.6) is 5.75 Å². The Bertz CT molecular complexity index is 553. The lowest BCUT2D eigenvalue weighted by Crippen LogP contribution is -2.51. The topological polar surface area (TPSA) is 81.9 Å². The highest BCUT2D eigenvalue weighted by molar-refractivity contribution is 6.35. The van der Waals surface area contributed by atoms with Crippen LogP contribution in [-0.2, 0) is 14.3 Å². The number of benzene rings is 1. The van der Waals surface area contributed by atoms with Gasteiger partial charge >= 0.3 is 0 Å². The summed E-state index contributed by atoms with van der Waals surface area (Å²) in [5, 5.41) is 0.809. The number of nitrogens with zero attached hydrogens (tertiary/aromatic N) is 1. The number of primary amides is 1. The van der Waals surface area contributed by atoms with Crippen molar-refractivity contribution in [3.63, 3.8) is 0 Å². The molecule has 1 saturated heterocycles. The molecule has 2 rings (SSSR count). The van der Waals surface area contributed by atoms with Gasteiger partial charge in [-0.1, -0.05) is 23.2 Å². The maximum Gasteiger partial charge on any atom is 0.260 e. The first-order valence-electron chi connectivity index (χ1n) is 6.24. The molecule has 114 valence electrons. The first-order valence-corrected chi connectivity index (χ1v) is 6.99. The van der Waals surface area contributed by atoms with E-state index in [1.54, 1.807) is 12.1 Å². The van der Waals surface area contributed by atoms with E-state index in [2.05, 4.69) is 0 Å². The number of halogens is 2. The predicted molar refractivity (Wildman–Crippen MR) is 77.5 cm³/mol. The zero-order valence-electron chi connectivity index (χ0n) is 11.1. The number of hydrogen-bond acceptors (Lipinski definition) is 4. The van der Waals surface area contributed by atoms with Crippen molar-refractivity contribution in [2.75, 3.05) is 26.3 Å². The lowest BCUT2D eigenvalue weighted by Gasteiger charge is -2.31. The van der Waals surface area contributed by atoms with E-state index < -0.39 is 12.0 Å². The summed E-state index contributed by atoms with van der Waals surface area (Å²) in [5.41, 5.74) is 5.17. The zero-order chi connectivity index (χ0) is 15.4. The average Bonchev–Trinajstić information content (AvgIpc) is 2.46. The first-order chi connectivity index (χ1) is 9.97. The quantitative estimate of drug-likeness (QED) is 0.894. The third-order valence-corrected chi connectivity index (χ3v) is 3.51. The van der Waals surface area contributed by atoms with Gasteiger partial charge in [0.05, 0.1) is 18.2 Å². The third kappa shape index (κ3) is 4.23. The van der Waals surface area contributed by atoms with E-state index in [-0.39, 0.29) is 25.7 Å². The standard InChI is InChI=1S/C13H14Cl2N2O4/c14-8-1-2-10(9(15)5-8)21-7-12(18)17-3-4-20-11(6-17)13(16)19/h1-2,5,11H,3-4,6-7H2,(H2,16,19).